The first kappa shape index (κ1) is 59.5. The Kier molecular flexibility index (Phi) is 47.5. The monoisotopic (exact) mass is 877 g/mol. The summed E-state index contributed by atoms with van der Waals surface area (Å²) in [5.41, 5.74) is 0. The van der Waals surface area contributed by atoms with Crippen molar-refractivity contribution < 1.29 is 43.0 Å². The Morgan fingerprint density at radius 3 is 1.08 bits per heavy atom. The lowest BCUT2D eigenvalue weighted by molar-refractivity contribution is -0.154. The lowest BCUT2D eigenvalue weighted by Crippen LogP contribution is -2.29. The van der Waals surface area contributed by atoms with Crippen LogP contribution in [0.4, 0.5) is 0 Å². The Morgan fingerprint density at radius 2 is 0.750 bits per heavy atom. The number of aliphatic hydroxyl groups is 2. The third kappa shape index (κ3) is 47.0. The van der Waals surface area contributed by atoms with Crippen molar-refractivity contribution in [3.8, 4) is 0 Å². The summed E-state index contributed by atoms with van der Waals surface area (Å²) in [7, 11) is -4.51. The molecule has 0 bridgehead atoms. The van der Waals surface area contributed by atoms with E-state index in [0.717, 1.165) is 32.1 Å². The standard InChI is InChI=1S/C50H101O9P/c1-3-5-7-9-11-13-15-17-19-21-22-23-24-25-26-27-29-31-33-35-37-39-41-43-56-46-49(47-58-60(54,55)57-45-48(52)44-51)59-50(53)42-40-38-36-34-32-30-28-20-18-16-14-12-10-8-6-4-2/h48-49,51-52H,3-47H2,1-2H3,(H,54,55). The SMILES string of the molecule is CCCCCCCCCCCCCCCCCCCCCCCCCOCC(COP(=O)(O)OCC(O)CO)OC(=O)CCCCCCCCCCCCCCCCCC. The smallest absolute Gasteiger partial charge is 0.457 e. The van der Waals surface area contributed by atoms with Crippen molar-refractivity contribution in [1.29, 1.82) is 0 Å². The summed E-state index contributed by atoms with van der Waals surface area (Å²) in [5.74, 6) is -0.374. The Morgan fingerprint density at radius 1 is 0.450 bits per heavy atom. The number of phosphoric acid groups is 1. The van der Waals surface area contributed by atoms with Crippen LogP contribution < -0.4 is 0 Å². The second kappa shape index (κ2) is 47.9. The third-order valence-corrected chi connectivity index (χ3v) is 12.7. The first-order valence-corrected chi connectivity index (χ1v) is 27.5. The van der Waals surface area contributed by atoms with Gasteiger partial charge in [-0.3, -0.25) is 13.8 Å². The topological polar surface area (TPSA) is 132 Å². The number of rotatable bonds is 51. The molecular formula is C50H101O9P. The number of esters is 1. The molecule has 0 amide bonds. The van der Waals surface area contributed by atoms with Crippen molar-refractivity contribution >= 4 is 13.8 Å². The van der Waals surface area contributed by atoms with Crippen molar-refractivity contribution in [1.82, 2.24) is 0 Å². The van der Waals surface area contributed by atoms with Crippen LogP contribution in [0, 0.1) is 0 Å². The highest BCUT2D eigenvalue weighted by Gasteiger charge is 2.26. The fourth-order valence-electron chi connectivity index (χ4n) is 7.83. The fraction of sp³-hybridized carbons (Fsp3) is 0.980. The van der Waals surface area contributed by atoms with Crippen molar-refractivity contribution in [2.45, 2.75) is 283 Å². The molecule has 0 radical (unpaired) electrons. The molecule has 0 aliphatic rings. The van der Waals surface area contributed by atoms with Gasteiger partial charge in [-0.05, 0) is 12.8 Å². The van der Waals surface area contributed by atoms with Gasteiger partial charge in [-0.15, -0.1) is 0 Å². The van der Waals surface area contributed by atoms with Gasteiger partial charge in [0.15, 0.2) is 0 Å². The van der Waals surface area contributed by atoms with Gasteiger partial charge in [0.05, 0.1) is 26.4 Å². The maximum Gasteiger partial charge on any atom is 0.472 e. The van der Waals surface area contributed by atoms with Crippen LogP contribution in [0.1, 0.15) is 271 Å². The van der Waals surface area contributed by atoms with Crippen molar-refractivity contribution in [3.63, 3.8) is 0 Å². The van der Waals surface area contributed by atoms with E-state index in [1.165, 1.54) is 218 Å². The number of carbonyl (C=O) groups is 1. The predicted octanol–water partition coefficient (Wildman–Crippen LogP) is 15.0. The van der Waals surface area contributed by atoms with E-state index in [9.17, 15) is 19.4 Å². The van der Waals surface area contributed by atoms with E-state index >= 15 is 0 Å². The van der Waals surface area contributed by atoms with E-state index in [2.05, 4.69) is 13.8 Å². The number of ether oxygens (including phenoxy) is 2. The molecule has 0 aliphatic heterocycles. The quantitative estimate of drug-likeness (QED) is 0.0310. The number of phosphoric ester groups is 1. The van der Waals surface area contributed by atoms with Gasteiger partial charge in [0.25, 0.3) is 0 Å². The van der Waals surface area contributed by atoms with Crippen LogP contribution >= 0.6 is 7.82 Å². The largest absolute Gasteiger partial charge is 0.472 e. The van der Waals surface area contributed by atoms with Gasteiger partial charge >= 0.3 is 13.8 Å². The Balaban J connectivity index is 3.98. The maximum atomic E-state index is 12.7. The van der Waals surface area contributed by atoms with E-state index in [1.54, 1.807) is 0 Å². The molecule has 10 heteroatoms. The summed E-state index contributed by atoms with van der Waals surface area (Å²) >= 11 is 0. The lowest BCUT2D eigenvalue weighted by atomic mass is 10.0. The molecule has 0 saturated heterocycles. The summed E-state index contributed by atoms with van der Waals surface area (Å²) < 4.78 is 33.5. The van der Waals surface area contributed by atoms with Crippen LogP contribution in [0.2, 0.25) is 0 Å². The summed E-state index contributed by atoms with van der Waals surface area (Å²) in [6.07, 6.45) is 49.3. The molecule has 0 aliphatic carbocycles. The molecule has 60 heavy (non-hydrogen) atoms. The molecule has 0 fully saturated rings. The maximum absolute atomic E-state index is 12.7. The molecule has 0 saturated carbocycles. The molecule has 0 rings (SSSR count). The van der Waals surface area contributed by atoms with Gasteiger partial charge in [0, 0.05) is 13.0 Å². The third-order valence-electron chi connectivity index (χ3n) is 11.8. The fourth-order valence-corrected chi connectivity index (χ4v) is 8.62. The van der Waals surface area contributed by atoms with Crippen LogP contribution in [-0.2, 0) is 27.9 Å². The second-order valence-electron chi connectivity index (χ2n) is 17.9. The van der Waals surface area contributed by atoms with Gasteiger partial charge < -0.3 is 24.6 Å². The van der Waals surface area contributed by atoms with Gasteiger partial charge in [0.1, 0.15) is 12.2 Å². The van der Waals surface area contributed by atoms with Gasteiger partial charge in [0.2, 0.25) is 0 Å². The van der Waals surface area contributed by atoms with Crippen LogP contribution in [0.25, 0.3) is 0 Å². The number of hydrogen-bond donors (Lipinski definition) is 3. The lowest BCUT2D eigenvalue weighted by Gasteiger charge is -2.20. The zero-order valence-corrected chi connectivity index (χ0v) is 40.6. The van der Waals surface area contributed by atoms with Crippen molar-refractivity contribution in [3.05, 3.63) is 0 Å². The summed E-state index contributed by atoms with van der Waals surface area (Å²) in [5, 5.41) is 18.4. The van der Waals surface area contributed by atoms with Crippen molar-refractivity contribution in [2.24, 2.45) is 0 Å². The average Bonchev–Trinajstić information content (AvgIpc) is 3.24. The highest BCUT2D eigenvalue weighted by atomic mass is 31.2. The normalized spacial score (nSPS) is 13.8. The highest BCUT2D eigenvalue weighted by molar-refractivity contribution is 7.47. The minimum absolute atomic E-state index is 0.0588. The van der Waals surface area contributed by atoms with Gasteiger partial charge in [-0.25, -0.2) is 4.57 Å². The van der Waals surface area contributed by atoms with E-state index in [4.69, 9.17) is 23.6 Å². The number of carbonyl (C=O) groups excluding carboxylic acids is 1. The van der Waals surface area contributed by atoms with E-state index in [1.807, 2.05) is 0 Å². The molecule has 3 N–H and O–H groups in total. The van der Waals surface area contributed by atoms with Crippen LogP contribution in [0.15, 0.2) is 0 Å². The van der Waals surface area contributed by atoms with E-state index in [-0.39, 0.29) is 25.6 Å². The van der Waals surface area contributed by atoms with Crippen LogP contribution in [-0.4, -0.2) is 66.3 Å². The van der Waals surface area contributed by atoms with E-state index in [0.29, 0.717) is 6.61 Å². The molecule has 0 aromatic carbocycles. The molecule has 0 heterocycles. The summed E-state index contributed by atoms with van der Waals surface area (Å²) in [6.45, 7) is 3.60. The molecule has 0 aromatic heterocycles. The zero-order valence-electron chi connectivity index (χ0n) is 39.7. The number of hydrogen-bond acceptors (Lipinski definition) is 8. The summed E-state index contributed by atoms with van der Waals surface area (Å²) in [4.78, 5) is 22.7. The molecule has 0 spiro atoms. The van der Waals surface area contributed by atoms with Crippen LogP contribution in [0.5, 0.6) is 0 Å². The Hall–Kier alpha value is -0.540. The minimum atomic E-state index is -4.51. The average molecular weight is 877 g/mol. The van der Waals surface area contributed by atoms with Gasteiger partial charge in [-0.1, -0.05) is 251 Å². The van der Waals surface area contributed by atoms with Gasteiger partial charge in [-0.2, -0.15) is 0 Å². The zero-order chi connectivity index (χ0) is 43.9. The molecule has 3 atom stereocenters. The Bertz CT molecular complexity index is 907. The Labute approximate surface area is 371 Å². The number of aliphatic hydroxyl groups excluding tert-OH is 2. The molecule has 0 aromatic rings. The highest BCUT2D eigenvalue weighted by Crippen LogP contribution is 2.43. The first-order chi connectivity index (χ1) is 29.3. The minimum Gasteiger partial charge on any atom is -0.457 e. The van der Waals surface area contributed by atoms with Crippen LogP contribution in [0.3, 0.4) is 0 Å². The molecule has 3 unspecified atom stereocenters. The molecule has 9 nitrogen and oxygen atoms in total. The first-order valence-electron chi connectivity index (χ1n) is 26.0. The second-order valence-corrected chi connectivity index (χ2v) is 19.4. The van der Waals surface area contributed by atoms with Crippen molar-refractivity contribution in [2.75, 3.05) is 33.0 Å². The summed E-state index contributed by atoms with van der Waals surface area (Å²) in [6, 6.07) is 0. The predicted molar refractivity (Wildman–Crippen MR) is 252 cm³/mol. The molecular weight excluding hydrogens is 776 g/mol. The molecule has 360 valence electrons. The van der Waals surface area contributed by atoms with E-state index < -0.39 is 33.2 Å². The number of unbranched alkanes of at least 4 members (excludes halogenated alkanes) is 37.